The fraction of sp³-hybridized carbons (Fsp3) is 0.231. The van der Waals surface area contributed by atoms with E-state index in [1.54, 1.807) is 6.20 Å². The lowest BCUT2D eigenvalue weighted by Crippen LogP contribution is -2.05. The summed E-state index contributed by atoms with van der Waals surface area (Å²) in [5.74, 6) is 0.877. The average molecular weight is 228 g/mol. The Balaban J connectivity index is 1.85. The molecule has 4 nitrogen and oxygen atoms in total. The molecule has 1 heterocycles. The molecule has 1 aromatic heterocycles. The molecule has 0 saturated heterocycles. The molecular formula is C13H12N2O2. The van der Waals surface area contributed by atoms with Gasteiger partial charge in [0.05, 0.1) is 24.2 Å². The summed E-state index contributed by atoms with van der Waals surface area (Å²) >= 11 is 0. The maximum atomic E-state index is 11.1. The van der Waals surface area contributed by atoms with Gasteiger partial charge in [-0.05, 0) is 42.7 Å². The van der Waals surface area contributed by atoms with Gasteiger partial charge in [0, 0.05) is 0 Å². The SMILES string of the molecule is O=c1cncc(-c2ccc(OC3CC3)cc2)[nH]1. The summed E-state index contributed by atoms with van der Waals surface area (Å²) in [6, 6.07) is 7.67. The lowest BCUT2D eigenvalue weighted by atomic mass is 10.1. The maximum absolute atomic E-state index is 11.1. The molecule has 2 aromatic rings. The maximum Gasteiger partial charge on any atom is 0.266 e. The molecule has 1 fully saturated rings. The van der Waals surface area contributed by atoms with Gasteiger partial charge in [0.25, 0.3) is 5.56 Å². The predicted octanol–water partition coefficient (Wildman–Crippen LogP) is 1.98. The molecule has 0 bridgehead atoms. The summed E-state index contributed by atoms with van der Waals surface area (Å²) in [5.41, 5.74) is 1.45. The number of nitrogens with one attached hydrogen (secondary N) is 1. The molecule has 0 atom stereocenters. The minimum absolute atomic E-state index is 0.194. The van der Waals surface area contributed by atoms with Gasteiger partial charge < -0.3 is 9.72 Å². The molecule has 0 radical (unpaired) electrons. The van der Waals surface area contributed by atoms with E-state index in [2.05, 4.69) is 9.97 Å². The zero-order chi connectivity index (χ0) is 11.7. The van der Waals surface area contributed by atoms with Crippen molar-refractivity contribution >= 4 is 0 Å². The Morgan fingerprint density at radius 2 is 1.94 bits per heavy atom. The Morgan fingerprint density at radius 3 is 2.59 bits per heavy atom. The van der Waals surface area contributed by atoms with Crippen molar-refractivity contribution in [3.8, 4) is 17.0 Å². The van der Waals surface area contributed by atoms with E-state index in [1.165, 1.54) is 6.20 Å². The van der Waals surface area contributed by atoms with Crippen LogP contribution < -0.4 is 10.3 Å². The normalized spacial score (nSPS) is 14.6. The summed E-state index contributed by atoms with van der Waals surface area (Å²) in [6.45, 7) is 0. The number of hydrogen-bond donors (Lipinski definition) is 1. The van der Waals surface area contributed by atoms with Crippen molar-refractivity contribution in [2.75, 3.05) is 0 Å². The van der Waals surface area contributed by atoms with Crippen LogP contribution in [-0.2, 0) is 0 Å². The van der Waals surface area contributed by atoms with Crippen LogP contribution in [0.2, 0.25) is 0 Å². The first kappa shape index (κ1) is 10.1. The molecule has 0 spiro atoms. The van der Waals surface area contributed by atoms with Crippen molar-refractivity contribution in [3.05, 3.63) is 47.0 Å². The first-order valence-corrected chi connectivity index (χ1v) is 5.63. The molecule has 0 aliphatic heterocycles. The lowest BCUT2D eigenvalue weighted by molar-refractivity contribution is 0.303. The summed E-state index contributed by atoms with van der Waals surface area (Å²) in [6.07, 6.45) is 5.60. The number of aromatic amines is 1. The topological polar surface area (TPSA) is 55.0 Å². The molecule has 1 aliphatic carbocycles. The van der Waals surface area contributed by atoms with Crippen LogP contribution in [0.4, 0.5) is 0 Å². The zero-order valence-electron chi connectivity index (χ0n) is 9.22. The van der Waals surface area contributed by atoms with Gasteiger partial charge in [-0.3, -0.25) is 9.78 Å². The van der Waals surface area contributed by atoms with Crippen LogP contribution in [0, 0.1) is 0 Å². The van der Waals surface area contributed by atoms with Gasteiger partial charge in [0.1, 0.15) is 5.75 Å². The fourth-order valence-electron chi connectivity index (χ4n) is 1.61. The van der Waals surface area contributed by atoms with E-state index >= 15 is 0 Å². The highest BCUT2D eigenvalue weighted by Gasteiger charge is 2.23. The van der Waals surface area contributed by atoms with E-state index < -0.39 is 0 Å². The number of H-pyrrole nitrogens is 1. The van der Waals surface area contributed by atoms with E-state index in [0.717, 1.165) is 29.8 Å². The Bertz CT molecular complexity index is 570. The Morgan fingerprint density at radius 1 is 1.18 bits per heavy atom. The molecule has 0 unspecified atom stereocenters. The van der Waals surface area contributed by atoms with Gasteiger partial charge >= 0.3 is 0 Å². The summed E-state index contributed by atoms with van der Waals surface area (Å²) < 4.78 is 5.65. The first-order valence-electron chi connectivity index (χ1n) is 5.63. The number of ether oxygens (including phenoxy) is 1. The highest BCUT2D eigenvalue weighted by atomic mass is 16.5. The molecular weight excluding hydrogens is 216 g/mol. The Kier molecular flexibility index (Phi) is 2.40. The second-order valence-corrected chi connectivity index (χ2v) is 4.15. The van der Waals surface area contributed by atoms with E-state index in [9.17, 15) is 4.79 Å². The summed E-state index contributed by atoms with van der Waals surface area (Å²) in [7, 11) is 0. The van der Waals surface area contributed by atoms with Crippen LogP contribution in [0.1, 0.15) is 12.8 Å². The molecule has 1 saturated carbocycles. The number of aromatic nitrogens is 2. The first-order chi connectivity index (χ1) is 8.31. The van der Waals surface area contributed by atoms with Crippen molar-refractivity contribution in [3.63, 3.8) is 0 Å². The number of benzene rings is 1. The standard InChI is InChI=1S/C13H12N2O2/c16-13-8-14-7-12(15-13)9-1-3-10(4-2-9)17-11-5-6-11/h1-4,7-8,11H,5-6H2,(H,15,16). The van der Waals surface area contributed by atoms with Crippen LogP contribution in [0.3, 0.4) is 0 Å². The highest BCUT2D eigenvalue weighted by Crippen LogP contribution is 2.27. The largest absolute Gasteiger partial charge is 0.490 e. The highest BCUT2D eigenvalue weighted by molar-refractivity contribution is 5.58. The summed E-state index contributed by atoms with van der Waals surface area (Å²) in [4.78, 5) is 17.7. The monoisotopic (exact) mass is 228 g/mol. The quantitative estimate of drug-likeness (QED) is 0.873. The number of nitrogens with zero attached hydrogens (tertiary/aromatic N) is 1. The zero-order valence-corrected chi connectivity index (χ0v) is 9.22. The Labute approximate surface area is 98.3 Å². The molecule has 3 rings (SSSR count). The van der Waals surface area contributed by atoms with Crippen molar-refractivity contribution < 1.29 is 4.74 Å². The van der Waals surface area contributed by atoms with Gasteiger partial charge in [0.2, 0.25) is 0 Å². The second-order valence-electron chi connectivity index (χ2n) is 4.15. The minimum atomic E-state index is -0.194. The molecule has 1 aliphatic rings. The van der Waals surface area contributed by atoms with Gasteiger partial charge in [-0.1, -0.05) is 0 Å². The third-order valence-electron chi connectivity index (χ3n) is 2.65. The van der Waals surface area contributed by atoms with Gasteiger partial charge in [0.15, 0.2) is 0 Å². The van der Waals surface area contributed by atoms with Crippen LogP contribution in [0.25, 0.3) is 11.3 Å². The molecule has 4 heteroatoms. The molecule has 86 valence electrons. The van der Waals surface area contributed by atoms with Gasteiger partial charge in [-0.25, -0.2) is 0 Å². The van der Waals surface area contributed by atoms with Gasteiger partial charge in [-0.2, -0.15) is 0 Å². The second kappa shape index (κ2) is 4.05. The molecule has 1 N–H and O–H groups in total. The molecule has 17 heavy (non-hydrogen) atoms. The van der Waals surface area contributed by atoms with Gasteiger partial charge in [-0.15, -0.1) is 0 Å². The predicted molar refractivity (Wildman–Crippen MR) is 63.9 cm³/mol. The van der Waals surface area contributed by atoms with E-state index in [0.29, 0.717) is 6.10 Å². The van der Waals surface area contributed by atoms with Crippen molar-refractivity contribution in [1.29, 1.82) is 0 Å². The van der Waals surface area contributed by atoms with E-state index in [4.69, 9.17) is 4.74 Å². The van der Waals surface area contributed by atoms with Crippen LogP contribution >= 0.6 is 0 Å². The molecule has 0 amide bonds. The van der Waals surface area contributed by atoms with Crippen LogP contribution in [0.5, 0.6) is 5.75 Å². The third kappa shape index (κ3) is 2.36. The van der Waals surface area contributed by atoms with Crippen LogP contribution in [-0.4, -0.2) is 16.1 Å². The molecule has 1 aromatic carbocycles. The fourth-order valence-corrected chi connectivity index (χ4v) is 1.61. The Hall–Kier alpha value is -2.10. The lowest BCUT2D eigenvalue weighted by Gasteiger charge is -2.05. The van der Waals surface area contributed by atoms with Crippen molar-refractivity contribution in [2.45, 2.75) is 18.9 Å². The van der Waals surface area contributed by atoms with Crippen molar-refractivity contribution in [1.82, 2.24) is 9.97 Å². The third-order valence-corrected chi connectivity index (χ3v) is 2.65. The van der Waals surface area contributed by atoms with E-state index in [-0.39, 0.29) is 5.56 Å². The number of rotatable bonds is 3. The summed E-state index contributed by atoms with van der Waals surface area (Å²) in [5, 5.41) is 0. The van der Waals surface area contributed by atoms with Crippen LogP contribution in [0.15, 0.2) is 41.5 Å². The number of hydrogen-bond acceptors (Lipinski definition) is 3. The average Bonchev–Trinajstić information content (AvgIpc) is 3.14. The minimum Gasteiger partial charge on any atom is -0.490 e. The van der Waals surface area contributed by atoms with Crippen molar-refractivity contribution in [2.24, 2.45) is 0 Å². The smallest absolute Gasteiger partial charge is 0.266 e. The van der Waals surface area contributed by atoms with E-state index in [1.807, 2.05) is 24.3 Å².